The van der Waals surface area contributed by atoms with Crippen LogP contribution in [0.4, 0.5) is 0 Å². The van der Waals surface area contributed by atoms with Crippen molar-refractivity contribution in [2.75, 3.05) is 0 Å². The highest BCUT2D eigenvalue weighted by molar-refractivity contribution is 7.55. The molecule has 1 aliphatic rings. The van der Waals surface area contributed by atoms with Crippen LogP contribution < -0.4 is 0 Å². The number of hydrogen-bond acceptors (Lipinski definition) is 1. The Kier molecular flexibility index (Phi) is 5.93. The predicted molar refractivity (Wildman–Crippen MR) is 161 cm³/mol. The van der Waals surface area contributed by atoms with Gasteiger partial charge in [0.25, 0.3) is 0 Å². The third-order valence-electron chi connectivity index (χ3n) is 6.81. The Morgan fingerprint density at radius 3 is 1.03 bits per heavy atom. The molecule has 164 valence electrons. The van der Waals surface area contributed by atoms with Crippen LogP contribution in [0, 0.1) is 0 Å². The molecule has 0 N–H and O–H groups in total. The lowest BCUT2D eigenvalue weighted by atomic mass is 9.94. The second-order valence-electron chi connectivity index (χ2n) is 8.99. The molecule has 10 radical (unpaired) electrons. The van der Waals surface area contributed by atoms with E-state index in [1.807, 2.05) is 0 Å². The lowest BCUT2D eigenvalue weighted by Crippen LogP contribution is -2.33. The van der Waals surface area contributed by atoms with Crippen molar-refractivity contribution in [2.24, 2.45) is 0 Å². The molecule has 36 heavy (non-hydrogen) atoms. The summed E-state index contributed by atoms with van der Waals surface area (Å²) < 4.78 is 5.16. The molecule has 7 aromatic rings. The fourth-order valence-electron chi connectivity index (χ4n) is 5.10. The molecule has 0 aromatic heterocycles. The lowest BCUT2D eigenvalue weighted by molar-refractivity contribution is 0.674. The Morgan fingerprint density at radius 1 is 0.333 bits per heavy atom. The highest BCUT2D eigenvalue weighted by Gasteiger charge is 2.07. The zero-order valence-electron chi connectivity index (χ0n) is 19.3. The molecular weight excluding hydrogens is 517 g/mol. The van der Waals surface area contributed by atoms with Crippen molar-refractivity contribution in [2.45, 2.75) is 0 Å². The highest BCUT2D eigenvalue weighted by Crippen LogP contribution is 2.34. The van der Waals surface area contributed by atoms with E-state index in [0.29, 0.717) is 0 Å². The third kappa shape index (κ3) is 4.19. The van der Waals surface area contributed by atoms with Crippen molar-refractivity contribution in [3.63, 3.8) is 0 Å². The zero-order chi connectivity index (χ0) is 23.9. The maximum absolute atomic E-state index is 5.16. The van der Waals surface area contributed by atoms with Crippen molar-refractivity contribution >= 4 is 109 Å². The van der Waals surface area contributed by atoms with Crippen LogP contribution >= 0.6 is 0 Å². The number of benzene rings is 7. The second-order valence-corrected chi connectivity index (χ2v) is 21.2. The average molecular weight is 535 g/mol. The van der Waals surface area contributed by atoms with Gasteiger partial charge >= 0.3 is 0 Å². The first-order valence-electron chi connectivity index (χ1n) is 11.8. The van der Waals surface area contributed by atoms with Crippen LogP contribution in [0.3, 0.4) is 0 Å². The van der Waals surface area contributed by atoms with Crippen LogP contribution in [-0.4, -0.2) is 44.2 Å². The molecule has 6 heteroatoms. The molecule has 0 amide bonds. The molecule has 1 aliphatic heterocycles. The molecule has 1 nitrogen and oxygen atoms in total. The Balaban J connectivity index is 0.000000325. The van der Waals surface area contributed by atoms with Gasteiger partial charge in [0.1, 0.15) is 0 Å². The monoisotopic (exact) mass is 534 g/mol. The summed E-state index contributed by atoms with van der Waals surface area (Å²) in [5.41, 5.74) is 0. The molecule has 8 rings (SSSR count). The van der Waals surface area contributed by atoms with Crippen LogP contribution in [0.25, 0.3) is 64.6 Å². The SMILES string of the molecule is O1[Si][Si][Si][Si][Si]1.c1ccc2cc3cc4c(ccc5cc6cc7ccccc7cc6cc54)cc3cc2c1. The van der Waals surface area contributed by atoms with Gasteiger partial charge in [0.2, 0.25) is 0 Å². The first-order valence-corrected chi connectivity index (χ1v) is 20.7. The van der Waals surface area contributed by atoms with E-state index in [1.54, 1.807) is 0 Å². The van der Waals surface area contributed by atoms with E-state index in [1.165, 1.54) is 73.2 Å². The summed E-state index contributed by atoms with van der Waals surface area (Å²) >= 11 is 0. The third-order valence-corrected chi connectivity index (χ3v) is 22.1. The quantitative estimate of drug-likeness (QED) is 0.120. The molecule has 7 aromatic carbocycles. The van der Waals surface area contributed by atoms with E-state index < -0.39 is 0 Å². The fraction of sp³-hybridized carbons (Fsp3) is 0. The summed E-state index contributed by atoms with van der Waals surface area (Å²) in [5.74, 6) is 0. The van der Waals surface area contributed by atoms with Crippen molar-refractivity contribution in [1.82, 2.24) is 0 Å². The van der Waals surface area contributed by atoms with Gasteiger partial charge in [-0.3, -0.25) is 0 Å². The molecule has 0 atom stereocenters. The summed E-state index contributed by atoms with van der Waals surface area (Å²) in [4.78, 5) is 0. The summed E-state index contributed by atoms with van der Waals surface area (Å²) in [6, 6.07) is 40.4. The van der Waals surface area contributed by atoms with Gasteiger partial charge < -0.3 is 4.12 Å². The largest absolute Gasteiger partial charge is 0.462 e. The molecule has 0 spiro atoms. The van der Waals surface area contributed by atoms with Crippen LogP contribution in [0.2, 0.25) is 0 Å². The normalized spacial score (nSPS) is 14.0. The van der Waals surface area contributed by atoms with Crippen molar-refractivity contribution < 1.29 is 4.12 Å². The molecule has 1 heterocycles. The summed E-state index contributed by atoms with van der Waals surface area (Å²) in [7, 11) is 5.29. The molecule has 0 aliphatic carbocycles. The molecular formula is C30H18OSi5. The molecule has 1 fully saturated rings. The minimum absolute atomic E-state index is 0.861. The fourth-order valence-corrected chi connectivity index (χ4v) is 22.9. The van der Waals surface area contributed by atoms with E-state index in [9.17, 15) is 0 Å². The molecule has 0 saturated carbocycles. The summed E-state index contributed by atoms with van der Waals surface area (Å²) in [6.45, 7) is 0. The Labute approximate surface area is 221 Å². The first kappa shape index (κ1) is 22.4. The zero-order valence-corrected chi connectivity index (χ0v) is 24.3. The van der Waals surface area contributed by atoms with Gasteiger partial charge in [0, 0.05) is 25.7 Å². The van der Waals surface area contributed by atoms with Gasteiger partial charge in [-0.15, -0.1) is 0 Å². The van der Waals surface area contributed by atoms with E-state index >= 15 is 0 Å². The van der Waals surface area contributed by atoms with Gasteiger partial charge in [-0.05, 0) is 113 Å². The van der Waals surface area contributed by atoms with Gasteiger partial charge in [-0.2, -0.15) is 0 Å². The maximum Gasteiger partial charge on any atom is 0.185 e. The minimum atomic E-state index is 0.861. The minimum Gasteiger partial charge on any atom is -0.462 e. The van der Waals surface area contributed by atoms with E-state index in [0.717, 1.165) is 35.7 Å². The highest BCUT2D eigenvalue weighted by atomic mass is 29.8. The topological polar surface area (TPSA) is 9.23 Å². The predicted octanol–water partition coefficient (Wildman–Crippen LogP) is 6.63. The van der Waals surface area contributed by atoms with Crippen molar-refractivity contribution in [3.8, 4) is 0 Å². The van der Waals surface area contributed by atoms with Gasteiger partial charge in [-0.25, -0.2) is 0 Å². The molecule has 1 saturated heterocycles. The van der Waals surface area contributed by atoms with Crippen molar-refractivity contribution in [3.05, 3.63) is 109 Å². The lowest BCUT2D eigenvalue weighted by Gasteiger charge is -2.10. The van der Waals surface area contributed by atoms with Gasteiger partial charge in [-0.1, -0.05) is 60.7 Å². The molecule has 0 bridgehead atoms. The Morgan fingerprint density at radius 2 is 0.694 bits per heavy atom. The van der Waals surface area contributed by atoms with E-state index in [-0.39, 0.29) is 0 Å². The van der Waals surface area contributed by atoms with Crippen molar-refractivity contribution in [1.29, 1.82) is 0 Å². The van der Waals surface area contributed by atoms with E-state index in [2.05, 4.69) is 109 Å². The van der Waals surface area contributed by atoms with Crippen LogP contribution in [0.1, 0.15) is 0 Å². The smallest absolute Gasteiger partial charge is 0.185 e. The van der Waals surface area contributed by atoms with Crippen LogP contribution in [-0.2, 0) is 4.12 Å². The Bertz CT molecular complexity index is 1770. The van der Waals surface area contributed by atoms with Crippen LogP contribution in [0.15, 0.2) is 109 Å². The first-order chi connectivity index (χ1) is 17.8. The van der Waals surface area contributed by atoms with Crippen LogP contribution in [0.5, 0.6) is 0 Å². The maximum atomic E-state index is 5.16. The number of rotatable bonds is 0. The Hall–Kier alpha value is -2.86. The second kappa shape index (κ2) is 9.55. The van der Waals surface area contributed by atoms with Gasteiger partial charge in [0.05, 0.1) is 0 Å². The average Bonchev–Trinajstić information content (AvgIpc) is 2.94. The van der Waals surface area contributed by atoms with E-state index in [4.69, 9.17) is 4.12 Å². The summed E-state index contributed by atoms with van der Waals surface area (Å²) in [6.07, 6.45) is 0. The number of hydrogen-bond donors (Lipinski definition) is 0. The van der Waals surface area contributed by atoms with Gasteiger partial charge in [0.15, 0.2) is 18.6 Å². The standard InChI is InChI=1S/C30H18.OSi5/c1-3-7-21-13-27-17-29-23(15-25(27)11-19(21)5-1)9-10-24-16-26-12-20-6-2-4-8-22(20)14-28(26)18-30(24)29;1-2-4-6-5-3-1/h1-18H;. The summed E-state index contributed by atoms with van der Waals surface area (Å²) in [5, 5.41) is 15.6. The number of fused-ring (bicyclic) bond motifs is 7. The molecule has 0 unspecified atom stereocenters.